The Hall–Kier alpha value is -4.05. The molecule has 0 aliphatic carbocycles. The topological polar surface area (TPSA) is 105 Å². The minimum atomic E-state index is -4.24. The Morgan fingerprint density at radius 3 is 2.17 bits per heavy atom. The van der Waals surface area contributed by atoms with Crippen LogP contribution in [0, 0.1) is 6.92 Å². The highest BCUT2D eigenvalue weighted by molar-refractivity contribution is 7.92. The fraction of sp³-hybridized carbons (Fsp3) is 0.333. The summed E-state index contributed by atoms with van der Waals surface area (Å²) in [4.78, 5) is 28.2. The van der Waals surface area contributed by atoms with Crippen molar-refractivity contribution < 1.29 is 27.5 Å². The van der Waals surface area contributed by atoms with Gasteiger partial charge in [-0.2, -0.15) is 0 Å². The highest BCUT2D eigenvalue weighted by Gasteiger charge is 2.33. The van der Waals surface area contributed by atoms with Crippen molar-refractivity contribution in [1.82, 2.24) is 10.2 Å². The van der Waals surface area contributed by atoms with E-state index in [4.69, 9.17) is 9.47 Å². The molecule has 3 aromatic rings. The molecule has 3 aromatic carbocycles. The predicted molar refractivity (Wildman–Crippen MR) is 155 cm³/mol. The zero-order valence-electron chi connectivity index (χ0n) is 23.6. The number of rotatable bonds is 13. The van der Waals surface area contributed by atoms with Crippen molar-refractivity contribution in [3.05, 3.63) is 83.9 Å². The molecule has 10 heteroatoms. The summed E-state index contributed by atoms with van der Waals surface area (Å²) in [5.74, 6) is -0.213. The minimum Gasteiger partial charge on any atom is -0.493 e. The third-order valence-corrected chi connectivity index (χ3v) is 8.23. The van der Waals surface area contributed by atoms with Crippen molar-refractivity contribution >= 4 is 27.5 Å². The highest BCUT2D eigenvalue weighted by atomic mass is 32.2. The van der Waals surface area contributed by atoms with Crippen molar-refractivity contribution in [2.75, 3.05) is 31.6 Å². The molecule has 214 valence electrons. The van der Waals surface area contributed by atoms with Gasteiger partial charge in [0.15, 0.2) is 11.5 Å². The highest BCUT2D eigenvalue weighted by Crippen LogP contribution is 2.32. The molecule has 0 saturated heterocycles. The number of sulfonamides is 1. The standard InChI is InChI=1S/C30H37N3O6S/c1-6-18-31-30(35)23(3)32(20-24-10-8-7-9-11-24)29(34)21-33(25-14-12-22(2)13-15-25)40(36,37)26-16-17-27(38-4)28(19-26)39-5/h7-17,19,23H,6,18,20-21H2,1-5H3,(H,31,35)/t23-/m0/s1. The lowest BCUT2D eigenvalue weighted by molar-refractivity contribution is -0.139. The molecule has 9 nitrogen and oxygen atoms in total. The Bertz CT molecular complexity index is 1390. The normalized spacial score (nSPS) is 11.8. The number of benzene rings is 3. The second-order valence-electron chi connectivity index (χ2n) is 9.34. The van der Waals surface area contributed by atoms with Gasteiger partial charge in [0.05, 0.1) is 24.8 Å². The van der Waals surface area contributed by atoms with Gasteiger partial charge >= 0.3 is 0 Å². The first kappa shape index (κ1) is 30.5. The van der Waals surface area contributed by atoms with E-state index in [1.165, 1.54) is 37.3 Å². The van der Waals surface area contributed by atoms with Crippen LogP contribution in [0.2, 0.25) is 0 Å². The average Bonchev–Trinajstić information content (AvgIpc) is 2.97. The molecule has 0 aliphatic heterocycles. The van der Waals surface area contributed by atoms with E-state index in [9.17, 15) is 18.0 Å². The lowest BCUT2D eigenvalue weighted by Crippen LogP contribution is -2.51. The van der Waals surface area contributed by atoms with E-state index >= 15 is 0 Å². The molecule has 2 amide bonds. The molecule has 0 radical (unpaired) electrons. The molecule has 0 unspecified atom stereocenters. The number of hydrogen-bond donors (Lipinski definition) is 1. The fourth-order valence-electron chi connectivity index (χ4n) is 4.10. The van der Waals surface area contributed by atoms with Gasteiger partial charge in [0.25, 0.3) is 10.0 Å². The minimum absolute atomic E-state index is 0.0677. The number of hydrogen-bond acceptors (Lipinski definition) is 6. The maximum atomic E-state index is 14.0. The number of amides is 2. The molecule has 0 fully saturated rings. The third kappa shape index (κ3) is 7.32. The van der Waals surface area contributed by atoms with Crippen molar-refractivity contribution in [2.24, 2.45) is 0 Å². The molecule has 0 aliphatic rings. The van der Waals surface area contributed by atoms with E-state index in [1.54, 1.807) is 31.2 Å². The smallest absolute Gasteiger partial charge is 0.264 e. The van der Waals surface area contributed by atoms with Crippen molar-refractivity contribution in [3.8, 4) is 11.5 Å². The lowest BCUT2D eigenvalue weighted by Gasteiger charge is -2.32. The van der Waals surface area contributed by atoms with Gasteiger partial charge in [-0.25, -0.2) is 8.42 Å². The van der Waals surface area contributed by atoms with E-state index in [2.05, 4.69) is 5.32 Å². The first-order chi connectivity index (χ1) is 19.1. The van der Waals surface area contributed by atoms with E-state index in [0.29, 0.717) is 18.0 Å². The molecule has 0 bridgehead atoms. The summed E-state index contributed by atoms with van der Waals surface area (Å²) in [6.45, 7) is 5.57. The summed E-state index contributed by atoms with van der Waals surface area (Å²) in [7, 11) is -1.36. The summed E-state index contributed by atoms with van der Waals surface area (Å²) >= 11 is 0. The number of carbonyl (C=O) groups excluding carboxylic acids is 2. The van der Waals surface area contributed by atoms with Crippen LogP contribution in [-0.2, 0) is 26.2 Å². The first-order valence-electron chi connectivity index (χ1n) is 13.0. The predicted octanol–water partition coefficient (Wildman–Crippen LogP) is 4.15. The van der Waals surface area contributed by atoms with E-state index in [0.717, 1.165) is 21.9 Å². The van der Waals surface area contributed by atoms with Crippen LogP contribution in [0.3, 0.4) is 0 Å². The fourth-order valence-corrected chi connectivity index (χ4v) is 5.53. The number of methoxy groups -OCH3 is 2. The van der Waals surface area contributed by atoms with Crippen LogP contribution in [0.5, 0.6) is 11.5 Å². The van der Waals surface area contributed by atoms with Crippen LogP contribution in [0.4, 0.5) is 5.69 Å². The molecule has 3 rings (SSSR count). The van der Waals surface area contributed by atoms with Gasteiger partial charge in [-0.3, -0.25) is 13.9 Å². The summed E-state index contributed by atoms with van der Waals surface area (Å²) in [5.41, 5.74) is 2.07. The van der Waals surface area contributed by atoms with Gasteiger partial charge < -0.3 is 19.7 Å². The molecule has 0 saturated carbocycles. The number of nitrogens with zero attached hydrogens (tertiary/aromatic N) is 2. The van der Waals surface area contributed by atoms with Crippen LogP contribution in [-0.4, -0.2) is 58.5 Å². The molecule has 0 heterocycles. The summed E-state index contributed by atoms with van der Waals surface area (Å²) < 4.78 is 39.7. The monoisotopic (exact) mass is 567 g/mol. The summed E-state index contributed by atoms with van der Waals surface area (Å²) in [6, 6.07) is 19.6. The maximum Gasteiger partial charge on any atom is 0.264 e. The van der Waals surface area contributed by atoms with Gasteiger partial charge in [-0.15, -0.1) is 0 Å². The Kier molecular flexibility index (Phi) is 10.6. The lowest BCUT2D eigenvalue weighted by atomic mass is 10.1. The second-order valence-corrected chi connectivity index (χ2v) is 11.2. The SMILES string of the molecule is CCCNC(=O)[C@H](C)N(Cc1ccccc1)C(=O)CN(c1ccc(C)cc1)S(=O)(=O)c1ccc(OC)c(OC)c1. The van der Waals surface area contributed by atoms with Crippen LogP contribution in [0.1, 0.15) is 31.4 Å². The van der Waals surface area contributed by atoms with Crippen LogP contribution >= 0.6 is 0 Å². The molecule has 40 heavy (non-hydrogen) atoms. The van der Waals surface area contributed by atoms with Crippen LogP contribution in [0.25, 0.3) is 0 Å². The third-order valence-electron chi connectivity index (χ3n) is 6.46. The molecular weight excluding hydrogens is 530 g/mol. The van der Waals surface area contributed by atoms with Gasteiger partial charge in [0, 0.05) is 19.2 Å². The molecule has 0 spiro atoms. The Labute approximate surface area is 236 Å². The Balaban J connectivity index is 2.04. The van der Waals surface area contributed by atoms with Gasteiger partial charge in [0.1, 0.15) is 12.6 Å². The Morgan fingerprint density at radius 2 is 1.57 bits per heavy atom. The maximum absolute atomic E-state index is 14.0. The second kappa shape index (κ2) is 13.8. The quantitative estimate of drug-likeness (QED) is 0.333. The first-order valence-corrected chi connectivity index (χ1v) is 14.5. The Morgan fingerprint density at radius 1 is 0.925 bits per heavy atom. The van der Waals surface area contributed by atoms with Crippen molar-refractivity contribution in [1.29, 1.82) is 0 Å². The molecule has 1 atom stereocenters. The zero-order valence-corrected chi connectivity index (χ0v) is 24.4. The number of aryl methyl sites for hydroxylation is 1. The van der Waals surface area contributed by atoms with Crippen LogP contribution in [0.15, 0.2) is 77.7 Å². The van der Waals surface area contributed by atoms with Crippen LogP contribution < -0.4 is 19.1 Å². The van der Waals surface area contributed by atoms with Gasteiger partial charge in [-0.05, 0) is 50.1 Å². The summed E-state index contributed by atoms with van der Waals surface area (Å²) in [5, 5.41) is 2.83. The zero-order chi connectivity index (χ0) is 29.3. The van der Waals surface area contributed by atoms with Crippen molar-refractivity contribution in [2.45, 2.75) is 44.7 Å². The largest absolute Gasteiger partial charge is 0.493 e. The van der Waals surface area contributed by atoms with Gasteiger partial charge in [0.2, 0.25) is 11.8 Å². The number of nitrogens with one attached hydrogen (secondary N) is 1. The molecule has 0 aromatic heterocycles. The molecular formula is C30H37N3O6S. The van der Waals surface area contributed by atoms with E-state index in [-0.39, 0.29) is 23.1 Å². The van der Waals surface area contributed by atoms with Gasteiger partial charge in [-0.1, -0.05) is 55.0 Å². The number of anilines is 1. The van der Waals surface area contributed by atoms with E-state index < -0.39 is 28.5 Å². The summed E-state index contributed by atoms with van der Waals surface area (Å²) in [6.07, 6.45) is 0.746. The number of carbonyl (C=O) groups is 2. The van der Waals surface area contributed by atoms with Crippen molar-refractivity contribution in [3.63, 3.8) is 0 Å². The van der Waals surface area contributed by atoms with E-state index in [1.807, 2.05) is 44.2 Å². The average molecular weight is 568 g/mol. The number of ether oxygens (including phenoxy) is 2. The molecule has 1 N–H and O–H groups in total.